The second-order valence-electron chi connectivity index (χ2n) is 9.50. The first kappa shape index (κ1) is 21.8. The molecule has 0 saturated heterocycles. The normalized spacial score (nSPS) is 13.5. The maximum absolute atomic E-state index is 13.0. The quantitative estimate of drug-likeness (QED) is 0.476. The molecule has 1 aliphatic rings. The van der Waals surface area contributed by atoms with Crippen molar-refractivity contribution in [1.82, 2.24) is 24.9 Å². The van der Waals surface area contributed by atoms with E-state index in [0.29, 0.717) is 11.6 Å². The van der Waals surface area contributed by atoms with Crippen molar-refractivity contribution in [2.45, 2.75) is 51.9 Å². The summed E-state index contributed by atoms with van der Waals surface area (Å²) in [5, 5.41) is 11.5. The Hall–Kier alpha value is -4.01. The average molecular weight is 459 g/mol. The van der Waals surface area contributed by atoms with Gasteiger partial charge in [-0.3, -0.25) is 14.6 Å². The van der Waals surface area contributed by atoms with Crippen molar-refractivity contribution in [2.75, 3.05) is 5.32 Å². The van der Waals surface area contributed by atoms with E-state index < -0.39 is 5.91 Å². The van der Waals surface area contributed by atoms with Gasteiger partial charge in [-0.1, -0.05) is 56.3 Å². The molecular weight excluding hydrogens is 432 g/mol. The van der Waals surface area contributed by atoms with Gasteiger partial charge in [-0.2, -0.15) is 9.78 Å². The second kappa shape index (κ2) is 8.40. The molecule has 0 fully saturated rings. The maximum Gasteiger partial charge on any atom is 0.279 e. The number of fused-ring (bicyclic) bond motifs is 1. The van der Waals surface area contributed by atoms with E-state index >= 15 is 0 Å². The number of aromatic nitrogens is 5. The van der Waals surface area contributed by atoms with Crippen molar-refractivity contribution in [3.8, 4) is 17.3 Å². The van der Waals surface area contributed by atoms with Crippen LogP contribution >= 0.6 is 0 Å². The summed E-state index contributed by atoms with van der Waals surface area (Å²) in [5.74, 6) is 0.711. The van der Waals surface area contributed by atoms with Gasteiger partial charge in [-0.05, 0) is 25.7 Å². The van der Waals surface area contributed by atoms with Gasteiger partial charge in [0.05, 0.1) is 11.4 Å². The predicted octanol–water partition coefficient (Wildman–Crippen LogP) is 4.04. The van der Waals surface area contributed by atoms with Gasteiger partial charge in [-0.25, -0.2) is 4.98 Å². The molecule has 0 aliphatic heterocycles. The Morgan fingerprint density at radius 3 is 2.65 bits per heavy atom. The Kier molecular flexibility index (Phi) is 5.39. The van der Waals surface area contributed by atoms with Gasteiger partial charge < -0.3 is 9.84 Å². The summed E-state index contributed by atoms with van der Waals surface area (Å²) in [6.07, 6.45) is 3.46. The molecule has 5 rings (SSSR count). The fourth-order valence-electron chi connectivity index (χ4n) is 3.99. The highest BCUT2D eigenvalue weighted by atomic mass is 16.5. The number of amides is 1. The summed E-state index contributed by atoms with van der Waals surface area (Å²) in [6.45, 7) is 6.08. The molecule has 9 nitrogen and oxygen atoms in total. The lowest BCUT2D eigenvalue weighted by molar-refractivity contribution is 0.101. The van der Waals surface area contributed by atoms with Crippen molar-refractivity contribution < 1.29 is 9.32 Å². The van der Waals surface area contributed by atoms with Crippen LogP contribution < -0.4 is 10.9 Å². The Labute approximate surface area is 196 Å². The number of carbonyl (C=O) groups is 1. The molecule has 3 aromatic heterocycles. The monoisotopic (exact) mass is 458 g/mol. The Bertz CT molecular complexity index is 1410. The van der Waals surface area contributed by atoms with E-state index in [0.717, 1.165) is 48.2 Å². The average Bonchev–Trinajstić information content (AvgIpc) is 3.47. The summed E-state index contributed by atoms with van der Waals surface area (Å²) in [7, 11) is 0. The van der Waals surface area contributed by atoms with E-state index in [1.807, 2.05) is 51.1 Å². The van der Waals surface area contributed by atoms with Gasteiger partial charge in [0, 0.05) is 28.7 Å². The molecule has 1 aromatic carbocycles. The third-order valence-corrected chi connectivity index (χ3v) is 5.90. The molecular formula is C25H26N6O3. The topological polar surface area (TPSA) is 119 Å². The molecule has 0 bridgehead atoms. The lowest BCUT2D eigenvalue weighted by Crippen LogP contribution is -2.25. The largest absolute Gasteiger partial charge is 0.355 e. The number of hydrogen-bond donors (Lipinski definition) is 2. The van der Waals surface area contributed by atoms with Crippen molar-refractivity contribution in [3.05, 3.63) is 75.5 Å². The zero-order valence-corrected chi connectivity index (χ0v) is 19.4. The zero-order chi connectivity index (χ0) is 23.9. The van der Waals surface area contributed by atoms with E-state index in [9.17, 15) is 9.59 Å². The molecule has 34 heavy (non-hydrogen) atoms. The number of rotatable bonds is 4. The van der Waals surface area contributed by atoms with E-state index in [1.165, 1.54) is 4.68 Å². The standard InChI is InChI=1S/C25H26N6O3/c1-25(2,3)20-14-21(27-23(33)18-13-19(34-30-18)15-9-5-4-6-10-15)31(29-20)24-26-17-12-8-7-11-16(17)22(32)28-24/h4-6,9-10,13-14H,7-8,11-12H2,1-3H3,(H,27,33)(H,26,28,32). The molecule has 0 unspecified atom stereocenters. The molecule has 4 aromatic rings. The van der Waals surface area contributed by atoms with Gasteiger partial charge in [0.15, 0.2) is 11.5 Å². The molecule has 2 N–H and O–H groups in total. The summed E-state index contributed by atoms with van der Waals surface area (Å²) >= 11 is 0. The maximum atomic E-state index is 13.0. The number of carbonyl (C=O) groups excluding carboxylic acids is 1. The number of hydrogen-bond acceptors (Lipinski definition) is 6. The fraction of sp³-hybridized carbons (Fsp3) is 0.320. The lowest BCUT2D eigenvalue weighted by atomic mass is 9.92. The first-order valence-electron chi connectivity index (χ1n) is 11.4. The molecule has 0 radical (unpaired) electrons. The van der Waals surface area contributed by atoms with Gasteiger partial charge in [-0.15, -0.1) is 0 Å². The van der Waals surface area contributed by atoms with Crippen LogP contribution in [0.5, 0.6) is 0 Å². The minimum absolute atomic E-state index is 0.135. The molecule has 9 heteroatoms. The highest BCUT2D eigenvalue weighted by Gasteiger charge is 2.25. The van der Waals surface area contributed by atoms with E-state index in [4.69, 9.17) is 4.52 Å². The van der Waals surface area contributed by atoms with Crippen LogP contribution in [0.1, 0.15) is 61.1 Å². The minimum atomic E-state index is -0.451. The Morgan fingerprint density at radius 1 is 1.12 bits per heavy atom. The summed E-state index contributed by atoms with van der Waals surface area (Å²) in [4.78, 5) is 33.3. The summed E-state index contributed by atoms with van der Waals surface area (Å²) in [5.41, 5.74) is 2.79. The lowest BCUT2D eigenvalue weighted by Gasteiger charge is -2.16. The zero-order valence-electron chi connectivity index (χ0n) is 19.4. The van der Waals surface area contributed by atoms with E-state index in [-0.39, 0.29) is 22.6 Å². The summed E-state index contributed by atoms with van der Waals surface area (Å²) in [6, 6.07) is 12.8. The first-order valence-corrected chi connectivity index (χ1v) is 11.4. The van der Waals surface area contributed by atoms with E-state index in [2.05, 4.69) is 25.5 Å². The van der Waals surface area contributed by atoms with Gasteiger partial charge in [0.25, 0.3) is 11.5 Å². The number of nitrogens with zero attached hydrogens (tertiary/aromatic N) is 4. The number of benzene rings is 1. The number of anilines is 1. The predicted molar refractivity (Wildman–Crippen MR) is 127 cm³/mol. The third-order valence-electron chi connectivity index (χ3n) is 5.90. The Morgan fingerprint density at radius 2 is 1.88 bits per heavy atom. The number of aromatic amines is 1. The van der Waals surface area contributed by atoms with Crippen LogP contribution in [0.25, 0.3) is 17.3 Å². The molecule has 0 spiro atoms. The highest BCUT2D eigenvalue weighted by molar-refractivity contribution is 6.03. The molecule has 174 valence electrons. The minimum Gasteiger partial charge on any atom is -0.355 e. The number of H-pyrrole nitrogens is 1. The fourth-order valence-corrected chi connectivity index (χ4v) is 3.99. The van der Waals surface area contributed by atoms with Gasteiger partial charge in [0.2, 0.25) is 5.95 Å². The van der Waals surface area contributed by atoms with Crippen molar-refractivity contribution in [2.24, 2.45) is 0 Å². The number of nitrogens with one attached hydrogen (secondary N) is 2. The smallest absolute Gasteiger partial charge is 0.279 e. The van der Waals surface area contributed by atoms with Crippen molar-refractivity contribution in [3.63, 3.8) is 0 Å². The van der Waals surface area contributed by atoms with Crippen LogP contribution in [0.3, 0.4) is 0 Å². The third kappa shape index (κ3) is 4.16. The molecule has 0 atom stereocenters. The first-order chi connectivity index (χ1) is 16.3. The van der Waals surface area contributed by atoms with Crippen LogP contribution in [-0.2, 0) is 18.3 Å². The van der Waals surface area contributed by atoms with Crippen molar-refractivity contribution in [1.29, 1.82) is 0 Å². The van der Waals surface area contributed by atoms with Gasteiger partial charge >= 0.3 is 0 Å². The SMILES string of the molecule is CC(C)(C)c1cc(NC(=O)c2cc(-c3ccccc3)on2)n(-c2nc3c(c(=O)[nH]2)CCCC3)n1. The van der Waals surface area contributed by atoms with Crippen LogP contribution in [0.4, 0.5) is 5.82 Å². The molecule has 0 saturated carbocycles. The molecule has 1 amide bonds. The number of aryl methyl sites for hydroxylation is 1. The second-order valence-corrected chi connectivity index (χ2v) is 9.50. The highest BCUT2D eigenvalue weighted by Crippen LogP contribution is 2.27. The van der Waals surface area contributed by atoms with Gasteiger partial charge in [0.1, 0.15) is 5.82 Å². The Balaban J connectivity index is 1.50. The summed E-state index contributed by atoms with van der Waals surface area (Å²) < 4.78 is 6.85. The molecule has 1 aliphatic carbocycles. The van der Waals surface area contributed by atoms with Crippen LogP contribution in [0.2, 0.25) is 0 Å². The van der Waals surface area contributed by atoms with Crippen molar-refractivity contribution >= 4 is 11.7 Å². The van der Waals surface area contributed by atoms with Crippen LogP contribution in [0.15, 0.2) is 51.8 Å². The van der Waals surface area contributed by atoms with Crippen LogP contribution in [-0.4, -0.2) is 30.8 Å². The molecule has 3 heterocycles. The van der Waals surface area contributed by atoms with Crippen LogP contribution in [0, 0.1) is 0 Å². The van der Waals surface area contributed by atoms with E-state index in [1.54, 1.807) is 12.1 Å².